The third-order valence-electron chi connectivity index (χ3n) is 6.17. The highest BCUT2D eigenvalue weighted by Crippen LogP contribution is 1.89. The highest BCUT2D eigenvalue weighted by molar-refractivity contribution is 8.93. The van der Waals surface area contributed by atoms with Crippen LogP contribution in [-0.2, 0) is 14.2 Å². The van der Waals surface area contributed by atoms with Gasteiger partial charge in [0.25, 0.3) is 0 Å². The molecule has 6 N–H and O–H groups in total. The number of halogens is 1. The van der Waals surface area contributed by atoms with E-state index in [4.69, 9.17) is 14.2 Å². The van der Waals surface area contributed by atoms with Gasteiger partial charge in [-0.25, -0.2) is 0 Å². The molecule has 11 nitrogen and oxygen atoms in total. The summed E-state index contributed by atoms with van der Waals surface area (Å²) in [6.07, 6.45) is 0. The van der Waals surface area contributed by atoms with E-state index < -0.39 is 0 Å². The molecule has 3 rings (SSSR count). The van der Waals surface area contributed by atoms with Crippen LogP contribution in [-0.4, -0.2) is 167 Å². The van der Waals surface area contributed by atoms with E-state index in [0.29, 0.717) is 0 Å². The first kappa shape index (κ1) is 34.1. The van der Waals surface area contributed by atoms with Crippen molar-refractivity contribution in [3.05, 3.63) is 0 Å². The van der Waals surface area contributed by atoms with Crippen LogP contribution in [0.4, 0.5) is 0 Å². The number of ether oxygens (including phenoxy) is 3. The Balaban J connectivity index is 0.00000648. The fraction of sp³-hybridized carbons (Fsp3) is 1.00. The molecule has 0 aromatic heterocycles. The number of hydrogen-bond acceptors (Lipinski definition) is 11. The summed E-state index contributed by atoms with van der Waals surface area (Å²) >= 11 is 0. The Labute approximate surface area is 230 Å². The molecular weight excluding hydrogens is 528 g/mol. The first-order chi connectivity index (χ1) is 17.4. The Morgan fingerprint density at radius 1 is 0.306 bits per heavy atom. The van der Waals surface area contributed by atoms with Gasteiger partial charge >= 0.3 is 0 Å². The number of fused-ring (bicyclic) bond motifs is 30. The van der Waals surface area contributed by atoms with Crippen molar-refractivity contribution in [1.82, 2.24) is 41.7 Å². The van der Waals surface area contributed by atoms with Crippen molar-refractivity contribution in [3.63, 3.8) is 0 Å². The van der Waals surface area contributed by atoms with E-state index in [2.05, 4.69) is 41.7 Å². The minimum atomic E-state index is 0. The zero-order valence-electron chi connectivity index (χ0n) is 22.5. The van der Waals surface area contributed by atoms with Crippen molar-refractivity contribution < 1.29 is 14.2 Å². The summed E-state index contributed by atoms with van der Waals surface area (Å²) in [7, 11) is 0. The molecule has 0 amide bonds. The molecule has 0 atom stereocenters. The highest BCUT2D eigenvalue weighted by atomic mass is 79.9. The van der Waals surface area contributed by atoms with Crippen LogP contribution in [0.1, 0.15) is 0 Å². The van der Waals surface area contributed by atoms with E-state index in [1.807, 2.05) is 0 Å². The fourth-order valence-corrected chi connectivity index (χ4v) is 4.02. The fourth-order valence-electron chi connectivity index (χ4n) is 4.02. The van der Waals surface area contributed by atoms with Crippen LogP contribution in [0.5, 0.6) is 0 Å². The second kappa shape index (κ2) is 26.6. The van der Waals surface area contributed by atoms with Crippen LogP contribution < -0.4 is 31.9 Å². The van der Waals surface area contributed by atoms with Gasteiger partial charge in [0.05, 0.1) is 39.6 Å². The van der Waals surface area contributed by atoms with Gasteiger partial charge in [0.2, 0.25) is 0 Å². The van der Waals surface area contributed by atoms with Gasteiger partial charge in [-0.3, -0.25) is 9.80 Å². The molecule has 0 spiro atoms. The molecule has 0 saturated carbocycles. The van der Waals surface area contributed by atoms with Gasteiger partial charge in [-0.2, -0.15) is 0 Å². The van der Waals surface area contributed by atoms with Crippen LogP contribution in [0, 0.1) is 0 Å². The molecule has 3 aliphatic heterocycles. The maximum Gasteiger partial charge on any atom is 0.0591 e. The Morgan fingerprint density at radius 3 is 0.694 bits per heavy atom. The molecule has 0 unspecified atom stereocenters. The van der Waals surface area contributed by atoms with Gasteiger partial charge < -0.3 is 46.1 Å². The van der Waals surface area contributed by atoms with Crippen molar-refractivity contribution in [2.75, 3.05) is 157 Å². The molecule has 2 bridgehead atoms. The predicted molar refractivity (Wildman–Crippen MR) is 153 cm³/mol. The predicted octanol–water partition coefficient (Wildman–Crippen LogP) is -2.22. The standard InChI is InChI=1S/C24H54N8O3.BrH/c1-13-31-14-2-26-9-21-34-23-11-29-5-17-32(16-4-28-8-20-33-19-7-25-1)18-6-30-12-24-35-22-10-27-3-15-31;/h25-30H,1-24H2;1H. The van der Waals surface area contributed by atoms with E-state index in [1.54, 1.807) is 0 Å². The molecular formula is C24H55BrN8O3. The topological polar surface area (TPSA) is 106 Å². The molecule has 0 aromatic rings. The summed E-state index contributed by atoms with van der Waals surface area (Å²) in [5.74, 6) is 0. The molecule has 0 radical (unpaired) electrons. The van der Waals surface area contributed by atoms with Crippen molar-refractivity contribution in [3.8, 4) is 0 Å². The maximum atomic E-state index is 5.79. The summed E-state index contributed by atoms with van der Waals surface area (Å²) < 4.78 is 17.4. The van der Waals surface area contributed by atoms with E-state index in [0.717, 1.165) is 157 Å². The van der Waals surface area contributed by atoms with Gasteiger partial charge in [-0.05, 0) is 0 Å². The van der Waals surface area contributed by atoms with Crippen molar-refractivity contribution in [1.29, 1.82) is 0 Å². The normalized spacial score (nSPS) is 28.0. The van der Waals surface area contributed by atoms with Crippen LogP contribution in [0.3, 0.4) is 0 Å². The van der Waals surface area contributed by atoms with Gasteiger partial charge in [-0.1, -0.05) is 0 Å². The summed E-state index contributed by atoms with van der Waals surface area (Å²) in [6.45, 7) is 22.0. The molecule has 3 aliphatic rings. The van der Waals surface area contributed by atoms with Crippen LogP contribution >= 0.6 is 17.0 Å². The average molecular weight is 584 g/mol. The van der Waals surface area contributed by atoms with Gasteiger partial charge in [0.15, 0.2) is 0 Å². The lowest BCUT2D eigenvalue weighted by Crippen LogP contribution is -2.42. The molecule has 12 heteroatoms. The summed E-state index contributed by atoms with van der Waals surface area (Å²) in [6, 6.07) is 0. The molecule has 3 saturated heterocycles. The number of nitrogens with zero attached hydrogens (tertiary/aromatic N) is 2. The number of nitrogens with one attached hydrogen (secondary N) is 6. The third kappa shape index (κ3) is 21.0. The summed E-state index contributed by atoms with van der Waals surface area (Å²) in [5, 5.41) is 21.1. The van der Waals surface area contributed by atoms with Crippen LogP contribution in [0.2, 0.25) is 0 Å². The lowest BCUT2D eigenvalue weighted by Gasteiger charge is -2.24. The van der Waals surface area contributed by atoms with Crippen LogP contribution in [0.25, 0.3) is 0 Å². The highest BCUT2D eigenvalue weighted by Gasteiger charge is 2.06. The Morgan fingerprint density at radius 2 is 0.500 bits per heavy atom. The zero-order chi connectivity index (χ0) is 24.5. The molecule has 3 fully saturated rings. The van der Waals surface area contributed by atoms with E-state index in [-0.39, 0.29) is 17.0 Å². The quantitative estimate of drug-likeness (QED) is 0.175. The van der Waals surface area contributed by atoms with E-state index >= 15 is 0 Å². The minimum absolute atomic E-state index is 0. The summed E-state index contributed by atoms with van der Waals surface area (Å²) in [4.78, 5) is 5.02. The average Bonchev–Trinajstić information content (AvgIpc) is 2.86. The molecule has 36 heavy (non-hydrogen) atoms. The van der Waals surface area contributed by atoms with Crippen LogP contribution in [0.15, 0.2) is 0 Å². The molecule has 0 aromatic carbocycles. The van der Waals surface area contributed by atoms with Gasteiger partial charge in [0, 0.05) is 118 Å². The van der Waals surface area contributed by atoms with E-state index in [1.165, 1.54) is 0 Å². The maximum absolute atomic E-state index is 5.79. The first-order valence-corrected chi connectivity index (χ1v) is 13.9. The SMILES string of the molecule is Br.C1COCCNCCN2CCNCCOCCNCCN(CCN1)CCNCCOCCNCC2. The number of rotatable bonds is 0. The van der Waals surface area contributed by atoms with E-state index in [9.17, 15) is 0 Å². The monoisotopic (exact) mass is 582 g/mol. The number of hydrogen-bond donors (Lipinski definition) is 6. The smallest absolute Gasteiger partial charge is 0.0591 e. The third-order valence-corrected chi connectivity index (χ3v) is 6.17. The van der Waals surface area contributed by atoms with Crippen molar-refractivity contribution in [2.24, 2.45) is 0 Å². The van der Waals surface area contributed by atoms with Gasteiger partial charge in [-0.15, -0.1) is 17.0 Å². The Bertz CT molecular complexity index is 362. The summed E-state index contributed by atoms with van der Waals surface area (Å²) in [5.41, 5.74) is 0. The Kier molecular flexibility index (Phi) is 25.2. The lowest BCUT2D eigenvalue weighted by atomic mass is 10.4. The molecule has 0 aliphatic carbocycles. The zero-order valence-corrected chi connectivity index (χ0v) is 24.2. The first-order valence-electron chi connectivity index (χ1n) is 13.9. The largest absolute Gasteiger partial charge is 0.379 e. The minimum Gasteiger partial charge on any atom is -0.379 e. The second-order valence-electron chi connectivity index (χ2n) is 9.02. The van der Waals surface area contributed by atoms with Crippen molar-refractivity contribution >= 4 is 17.0 Å². The van der Waals surface area contributed by atoms with Gasteiger partial charge in [0.1, 0.15) is 0 Å². The van der Waals surface area contributed by atoms with Crippen molar-refractivity contribution in [2.45, 2.75) is 0 Å². The second-order valence-corrected chi connectivity index (χ2v) is 9.02. The molecule has 216 valence electrons. The Hall–Kier alpha value is 0.0400. The lowest BCUT2D eigenvalue weighted by molar-refractivity contribution is 0.131. The molecule has 3 heterocycles.